The molecule has 8 aliphatic rings. The number of nitrogens with zero attached hydrogens (tertiary/aromatic N) is 7. The second-order valence-corrected chi connectivity index (χ2v) is 32.2. The summed E-state index contributed by atoms with van der Waals surface area (Å²) >= 11 is 0. The first-order chi connectivity index (χ1) is 44.6. The number of anilines is 1. The zero-order valence-electron chi connectivity index (χ0n) is 55.3. The average Bonchev–Trinajstić information content (AvgIpc) is 1.51. The molecule has 5 aromatic rings. The van der Waals surface area contributed by atoms with Crippen molar-refractivity contribution in [3.05, 3.63) is 124 Å². The highest BCUT2D eigenvalue weighted by Gasteiger charge is 2.70. The number of benzene rings is 4. The molecule has 4 amide bonds. The average molecular weight is 1310 g/mol. The summed E-state index contributed by atoms with van der Waals surface area (Å²) in [6.45, 7) is 15.3. The van der Waals surface area contributed by atoms with Gasteiger partial charge in [0.25, 0.3) is 11.8 Å². The van der Waals surface area contributed by atoms with Crippen LogP contribution in [0.15, 0.2) is 85.4 Å². The van der Waals surface area contributed by atoms with Crippen LogP contribution < -0.4 is 19.1 Å². The van der Waals surface area contributed by atoms with Gasteiger partial charge < -0.3 is 33.6 Å². The van der Waals surface area contributed by atoms with E-state index >= 15 is 9.59 Å². The first kappa shape index (κ1) is 65.1. The lowest BCUT2D eigenvalue weighted by molar-refractivity contribution is -0.142. The number of morpholine rings is 1. The van der Waals surface area contributed by atoms with Gasteiger partial charge in [0.1, 0.15) is 5.75 Å². The second-order valence-electron chi connectivity index (χ2n) is 28.4. The van der Waals surface area contributed by atoms with E-state index in [9.17, 15) is 26.4 Å². The van der Waals surface area contributed by atoms with Crippen molar-refractivity contribution in [2.24, 2.45) is 28.6 Å². The third-order valence-electron chi connectivity index (χ3n) is 23.0. The summed E-state index contributed by atoms with van der Waals surface area (Å²) in [4.78, 5) is 67.2. The van der Waals surface area contributed by atoms with Gasteiger partial charge in [-0.1, -0.05) is 88.9 Å². The Bertz CT molecular complexity index is 3990. The number of nitrogens with one attached hydrogen (secondary N) is 2. The van der Waals surface area contributed by atoms with Crippen LogP contribution in [0.2, 0.25) is 0 Å². The van der Waals surface area contributed by atoms with Crippen molar-refractivity contribution in [2.75, 3.05) is 99.2 Å². The van der Waals surface area contributed by atoms with E-state index < -0.39 is 43.1 Å². The molecule has 4 aliphatic carbocycles. The van der Waals surface area contributed by atoms with Crippen molar-refractivity contribution in [1.82, 2.24) is 37.3 Å². The van der Waals surface area contributed by atoms with Gasteiger partial charge in [0.2, 0.25) is 11.8 Å². The number of amides is 4. The Balaban J connectivity index is 0.718. The van der Waals surface area contributed by atoms with E-state index in [0.29, 0.717) is 82.5 Å². The van der Waals surface area contributed by atoms with Gasteiger partial charge in [-0.05, 0) is 159 Å². The minimum Gasteiger partial charge on any atom is -0.497 e. The molecule has 2 unspecified atom stereocenters. The van der Waals surface area contributed by atoms with Gasteiger partial charge in [-0.25, -0.2) is 9.44 Å². The predicted molar refractivity (Wildman–Crippen MR) is 361 cm³/mol. The van der Waals surface area contributed by atoms with Crippen molar-refractivity contribution in [3.63, 3.8) is 0 Å². The van der Waals surface area contributed by atoms with Crippen molar-refractivity contribution in [2.45, 2.75) is 134 Å². The summed E-state index contributed by atoms with van der Waals surface area (Å²) in [5.74, 6) is 0.795. The van der Waals surface area contributed by atoms with Crippen molar-refractivity contribution < 1.29 is 45.5 Å². The van der Waals surface area contributed by atoms with Crippen LogP contribution in [0.5, 0.6) is 5.75 Å². The quantitative estimate of drug-likeness (QED) is 0.0842. The molecule has 2 N–H and O–H groups in total. The highest BCUT2D eigenvalue weighted by Crippen LogP contribution is 2.70. The van der Waals surface area contributed by atoms with Crippen LogP contribution in [0, 0.1) is 28.6 Å². The number of carbonyl (C=O) groups excluding carboxylic acids is 4. The van der Waals surface area contributed by atoms with Crippen molar-refractivity contribution in [1.29, 1.82) is 0 Å². The van der Waals surface area contributed by atoms with Gasteiger partial charge in [-0.3, -0.25) is 19.2 Å². The van der Waals surface area contributed by atoms with Crippen molar-refractivity contribution >= 4 is 66.3 Å². The molecule has 4 aromatic carbocycles. The molecular weight excluding hydrogens is 1210 g/mol. The summed E-state index contributed by atoms with van der Waals surface area (Å²) in [5, 5.41) is 1.04. The Kier molecular flexibility index (Phi) is 17.8. The van der Waals surface area contributed by atoms with E-state index in [1.54, 1.807) is 19.2 Å². The van der Waals surface area contributed by atoms with Crippen molar-refractivity contribution in [3.8, 4) is 17.0 Å². The van der Waals surface area contributed by atoms with Gasteiger partial charge in [-0.15, -0.1) is 0 Å². The molecule has 5 heterocycles. The van der Waals surface area contributed by atoms with E-state index in [-0.39, 0.29) is 46.6 Å². The molecule has 13 rings (SSSR count). The molecule has 0 bridgehead atoms. The number of piperidine rings is 1. The Labute approximate surface area is 549 Å². The van der Waals surface area contributed by atoms with Gasteiger partial charge in [0.05, 0.1) is 36.8 Å². The van der Waals surface area contributed by atoms with Gasteiger partial charge in [0.15, 0.2) is 0 Å². The Morgan fingerprint density at radius 3 is 2.03 bits per heavy atom. The monoisotopic (exact) mass is 1310 g/mol. The molecule has 2 saturated heterocycles. The van der Waals surface area contributed by atoms with Crippen LogP contribution in [0.1, 0.15) is 164 Å². The third kappa shape index (κ3) is 11.9. The fourth-order valence-electron chi connectivity index (χ4n) is 17.5. The zero-order valence-corrected chi connectivity index (χ0v) is 56.9. The van der Waals surface area contributed by atoms with E-state index in [2.05, 4.69) is 72.9 Å². The van der Waals surface area contributed by atoms with Crippen LogP contribution in [0.4, 0.5) is 5.69 Å². The van der Waals surface area contributed by atoms with Crippen LogP contribution in [-0.4, -0.2) is 169 Å². The summed E-state index contributed by atoms with van der Waals surface area (Å²) in [5.41, 5.74) is 9.02. The number of rotatable bonds is 18. The number of likely N-dealkylation sites (tertiary alicyclic amines) is 1. The maximum absolute atomic E-state index is 15.6. The van der Waals surface area contributed by atoms with E-state index in [1.165, 1.54) is 58.6 Å². The summed E-state index contributed by atoms with van der Waals surface area (Å²) < 4.78 is 72.1. The number of methoxy groups -OCH3 is 1. The van der Waals surface area contributed by atoms with E-state index in [4.69, 9.17) is 16.1 Å². The lowest BCUT2D eigenvalue weighted by Crippen LogP contribution is -2.50. The molecular formula is C72H93N9O10S2. The van der Waals surface area contributed by atoms with Crippen LogP contribution in [0.3, 0.4) is 0 Å². The van der Waals surface area contributed by atoms with Gasteiger partial charge in [0, 0.05) is 130 Å². The van der Waals surface area contributed by atoms with Crippen LogP contribution in [-0.2, 0) is 47.7 Å². The molecule has 6 fully saturated rings. The lowest BCUT2D eigenvalue weighted by Gasteiger charge is -2.41. The SMILES string of the molecule is C=C1c2ccc(OC)cc2C2CC2(C(=O)N2CCC(N(CC)CCC3CCC(c4c5n(c6cc(C(=O)NS(=O)(=O)N(C)C)ccc46)C[C@]4(C(=O)N6CCOCC6)[C@@H](C)[C@@H]4c4ccccc4-5)CC3)CC2)CN1c1cc(C(=O)NS(=O)(=O)N(C)C)ccc1CC1CCCCC1. The maximum Gasteiger partial charge on any atom is 0.303 e. The van der Waals surface area contributed by atoms with Gasteiger partial charge >= 0.3 is 20.4 Å². The highest BCUT2D eigenvalue weighted by molar-refractivity contribution is 7.88. The summed E-state index contributed by atoms with van der Waals surface area (Å²) in [7, 11) is -0.932. The molecule has 0 radical (unpaired) electrons. The highest BCUT2D eigenvalue weighted by atomic mass is 32.2. The topological polar surface area (TPSA) is 203 Å². The minimum absolute atomic E-state index is 0.0126. The van der Waals surface area contributed by atoms with Crippen LogP contribution >= 0.6 is 0 Å². The number of carbonyl (C=O) groups is 4. The molecule has 21 heteroatoms. The molecule has 0 spiro atoms. The minimum atomic E-state index is -4.07. The third-order valence-corrected chi connectivity index (χ3v) is 25.8. The largest absolute Gasteiger partial charge is 0.497 e. The number of aromatic nitrogens is 1. The molecule has 1 aromatic heterocycles. The fraction of sp³-hybridized carbons (Fsp3) is 0.556. The Morgan fingerprint density at radius 2 is 1.37 bits per heavy atom. The molecule has 498 valence electrons. The molecule has 4 aliphatic heterocycles. The number of ether oxygens (including phenoxy) is 2. The predicted octanol–water partition coefficient (Wildman–Crippen LogP) is 9.75. The summed E-state index contributed by atoms with van der Waals surface area (Å²) in [6.07, 6.45) is 14.2. The van der Waals surface area contributed by atoms with E-state index in [0.717, 1.165) is 136 Å². The van der Waals surface area contributed by atoms with E-state index in [1.807, 2.05) is 41.3 Å². The van der Waals surface area contributed by atoms with Gasteiger partial charge in [-0.2, -0.15) is 25.4 Å². The number of hydrogen-bond donors (Lipinski definition) is 2. The normalized spacial score (nSPS) is 25.8. The Hall–Kier alpha value is -6.62. The molecule has 5 atom stereocenters. The zero-order chi connectivity index (χ0) is 65.5. The second kappa shape index (κ2) is 25.5. The molecule has 93 heavy (non-hydrogen) atoms. The lowest BCUT2D eigenvalue weighted by atomic mass is 9.76. The maximum atomic E-state index is 15.6. The first-order valence-corrected chi connectivity index (χ1v) is 36.9. The number of hydrogen-bond acceptors (Lipinski definition) is 12. The smallest absolute Gasteiger partial charge is 0.303 e. The summed E-state index contributed by atoms with van der Waals surface area (Å²) in [6, 6.07) is 26.1. The standard InChI is InChI=1S/C72H93N9O10S2/c1-9-77(54-30-33-78(34-31-54)69(84)71-43-61(71)60-42-55(90-8)26-28-56(60)47(3)80(44-71)62-40-52(67(82)73-92(86,87)75(4)5)24-23-51(62)39-49-15-11-10-12-16-49)32-29-48-19-21-50(22-20-48)64-59-27-25-53(68(83)74-93(88,89)76(6)7)41-63(59)81-45-72(70(85)79-35-37-91-38-36-79)46(2)65(72)57-17-13-14-18-58(57)66(64)81/h13-14,17-18,23-28,40-42,46,48-50,54,61,65H,3,9-12,15-16,19-22,29-39,43-45H2,1-2,4-8H3,(H,73,82)(H,74,83)/t46-,48?,50?,61?,65+,71?,72-/m0/s1. The Morgan fingerprint density at radius 1 is 0.710 bits per heavy atom. The molecule has 19 nitrogen and oxygen atoms in total. The first-order valence-electron chi connectivity index (χ1n) is 34.0. The molecule has 4 saturated carbocycles. The number of fused-ring (bicyclic) bond motifs is 10. The fourth-order valence-corrected chi connectivity index (χ4v) is 18.5. The van der Waals surface area contributed by atoms with Crippen LogP contribution in [0.25, 0.3) is 27.9 Å².